The van der Waals surface area contributed by atoms with E-state index in [9.17, 15) is 8.42 Å². The first-order chi connectivity index (χ1) is 11.1. The van der Waals surface area contributed by atoms with Gasteiger partial charge in [-0.3, -0.25) is 9.89 Å². The van der Waals surface area contributed by atoms with Crippen LogP contribution in [0.1, 0.15) is 40.5 Å². The molecule has 0 amide bonds. The Morgan fingerprint density at radius 2 is 2.00 bits per heavy atom. The van der Waals surface area contributed by atoms with Crippen LogP contribution in [0, 0.1) is 0 Å². The van der Waals surface area contributed by atoms with Crippen LogP contribution in [-0.2, 0) is 10.0 Å². The van der Waals surface area contributed by atoms with Crippen molar-refractivity contribution in [3.05, 3.63) is 0 Å². The predicted octanol–water partition coefficient (Wildman–Crippen LogP) is 1.31. The van der Waals surface area contributed by atoms with Crippen LogP contribution in [0.4, 0.5) is 0 Å². The average molecular weight is 489 g/mol. The summed E-state index contributed by atoms with van der Waals surface area (Å²) in [6.07, 6.45) is 3.65. The monoisotopic (exact) mass is 489 g/mol. The largest absolute Gasteiger partial charge is 0.357 e. The van der Waals surface area contributed by atoms with Gasteiger partial charge in [-0.2, -0.15) is 0 Å². The number of sulfonamides is 1. The number of aliphatic imine (C=N–C) groups is 1. The maximum atomic E-state index is 11.5. The summed E-state index contributed by atoms with van der Waals surface area (Å²) >= 11 is 0. The van der Waals surface area contributed by atoms with Gasteiger partial charge in [0, 0.05) is 31.7 Å². The van der Waals surface area contributed by atoms with E-state index in [4.69, 9.17) is 0 Å². The van der Waals surface area contributed by atoms with Crippen LogP contribution >= 0.6 is 24.0 Å². The first-order valence-electron chi connectivity index (χ1n) is 8.80. The molecule has 1 fully saturated rings. The van der Waals surface area contributed by atoms with E-state index in [1.165, 1.54) is 25.6 Å². The summed E-state index contributed by atoms with van der Waals surface area (Å²) < 4.78 is 25.6. The molecular weight excluding hydrogens is 453 g/mol. The fraction of sp³-hybridized carbons (Fsp3) is 0.938. The molecule has 2 N–H and O–H groups in total. The highest BCUT2D eigenvalue weighted by molar-refractivity contribution is 14.0. The zero-order valence-corrected chi connectivity index (χ0v) is 19.6. The second kappa shape index (κ2) is 10.9. The third kappa shape index (κ3) is 9.39. The van der Waals surface area contributed by atoms with Gasteiger partial charge in [-0.1, -0.05) is 6.92 Å². The zero-order valence-electron chi connectivity index (χ0n) is 16.5. The minimum atomic E-state index is -3.25. The van der Waals surface area contributed by atoms with Gasteiger partial charge in [0.2, 0.25) is 10.0 Å². The summed E-state index contributed by atoms with van der Waals surface area (Å²) in [4.78, 5) is 9.31. The van der Waals surface area contributed by atoms with Crippen molar-refractivity contribution in [3.63, 3.8) is 0 Å². The van der Waals surface area contributed by atoms with Crippen LogP contribution in [-0.4, -0.2) is 81.8 Å². The molecule has 1 heterocycles. The molecule has 0 spiro atoms. The van der Waals surface area contributed by atoms with Crippen LogP contribution in [0.25, 0.3) is 0 Å². The Morgan fingerprint density at radius 1 is 1.36 bits per heavy atom. The Kier molecular flexibility index (Phi) is 10.8. The summed E-state index contributed by atoms with van der Waals surface area (Å²) in [6, 6.07) is 0.561. The number of likely N-dealkylation sites (N-methyl/N-ethyl adjacent to an activating group) is 2. The first kappa shape index (κ1) is 24.9. The molecule has 0 aromatic carbocycles. The molecule has 1 rings (SSSR count). The number of likely N-dealkylation sites (tertiary alicyclic amines) is 1. The number of hydrogen-bond acceptors (Lipinski definition) is 4. The Labute approximate surface area is 171 Å². The molecule has 1 unspecified atom stereocenters. The number of hydrogen-bond donors (Lipinski definition) is 2. The van der Waals surface area contributed by atoms with E-state index < -0.39 is 15.6 Å². The molecule has 1 saturated heterocycles. The molecule has 9 heteroatoms. The Balaban J connectivity index is 0.00000576. The van der Waals surface area contributed by atoms with Crippen molar-refractivity contribution in [3.8, 4) is 0 Å². The zero-order chi connectivity index (χ0) is 18.4. The Morgan fingerprint density at radius 3 is 2.52 bits per heavy atom. The van der Waals surface area contributed by atoms with E-state index >= 15 is 0 Å². The molecular formula is C16H36IN5O2S. The Hall–Kier alpha value is -0.130. The van der Waals surface area contributed by atoms with Crippen LogP contribution in [0.15, 0.2) is 4.99 Å². The molecule has 1 aliphatic heterocycles. The van der Waals surface area contributed by atoms with Crippen molar-refractivity contribution in [2.24, 2.45) is 4.99 Å². The lowest BCUT2D eigenvalue weighted by atomic mass is 10.1. The molecule has 0 radical (unpaired) electrons. The third-order valence-electron chi connectivity index (χ3n) is 4.17. The molecule has 150 valence electrons. The van der Waals surface area contributed by atoms with Gasteiger partial charge in [-0.25, -0.2) is 13.1 Å². The van der Waals surface area contributed by atoms with E-state index in [0.717, 1.165) is 25.6 Å². The van der Waals surface area contributed by atoms with Gasteiger partial charge in [0.05, 0.1) is 12.8 Å². The first-order valence-corrected chi connectivity index (χ1v) is 10.7. The second-order valence-electron chi connectivity index (χ2n) is 7.23. The van der Waals surface area contributed by atoms with Crippen LogP contribution in [0.5, 0.6) is 0 Å². The van der Waals surface area contributed by atoms with E-state index in [1.807, 2.05) is 27.8 Å². The van der Waals surface area contributed by atoms with Crippen LogP contribution in [0.3, 0.4) is 0 Å². The standard InChI is InChI=1S/C16H35N5O2S.HI/c1-7-17-15(18-13-16(3,4)19-24(6,22)23)20(5)12-14-10-9-11-21(14)8-2;/h14,19H,7-13H2,1-6H3,(H,17,18);1H. The van der Waals surface area contributed by atoms with Crippen molar-refractivity contribution < 1.29 is 8.42 Å². The van der Waals surface area contributed by atoms with Gasteiger partial charge >= 0.3 is 0 Å². The summed E-state index contributed by atoms with van der Waals surface area (Å²) in [5.74, 6) is 0.823. The molecule has 1 atom stereocenters. The summed E-state index contributed by atoms with van der Waals surface area (Å²) in [6.45, 7) is 12.3. The van der Waals surface area contributed by atoms with Crippen molar-refractivity contribution in [1.82, 2.24) is 19.8 Å². The molecule has 0 bridgehead atoms. The summed E-state index contributed by atoms with van der Waals surface area (Å²) in [5, 5.41) is 3.30. The number of guanidine groups is 1. The van der Waals surface area contributed by atoms with Crippen molar-refractivity contribution >= 4 is 40.0 Å². The van der Waals surface area contributed by atoms with E-state index in [-0.39, 0.29) is 24.0 Å². The number of nitrogens with one attached hydrogen (secondary N) is 2. The smallest absolute Gasteiger partial charge is 0.209 e. The van der Waals surface area contributed by atoms with E-state index in [0.29, 0.717) is 12.6 Å². The quantitative estimate of drug-likeness (QED) is 0.306. The summed E-state index contributed by atoms with van der Waals surface area (Å²) in [5.41, 5.74) is -0.613. The normalized spacial score (nSPS) is 19.6. The lowest BCUT2D eigenvalue weighted by Crippen LogP contribution is -2.48. The number of rotatable bonds is 8. The molecule has 0 aromatic heterocycles. The molecule has 0 aliphatic carbocycles. The van der Waals surface area contributed by atoms with Crippen molar-refractivity contribution in [1.29, 1.82) is 0 Å². The SMILES string of the molecule is CCNC(=NCC(C)(C)NS(C)(=O)=O)N(C)CC1CCCN1CC.I. The number of halogens is 1. The minimum Gasteiger partial charge on any atom is -0.357 e. The maximum Gasteiger partial charge on any atom is 0.209 e. The molecule has 25 heavy (non-hydrogen) atoms. The summed E-state index contributed by atoms with van der Waals surface area (Å²) in [7, 11) is -1.21. The second-order valence-corrected chi connectivity index (χ2v) is 8.98. The topological polar surface area (TPSA) is 77.0 Å². The highest BCUT2D eigenvalue weighted by atomic mass is 127. The molecule has 1 aliphatic rings. The van der Waals surface area contributed by atoms with Crippen molar-refractivity contribution in [2.45, 2.75) is 52.1 Å². The fourth-order valence-electron chi connectivity index (χ4n) is 3.20. The minimum absolute atomic E-state index is 0. The van der Waals surface area contributed by atoms with Crippen molar-refractivity contribution in [2.75, 3.05) is 46.0 Å². The number of nitrogens with zero attached hydrogens (tertiary/aromatic N) is 3. The molecule has 0 aromatic rings. The van der Waals surface area contributed by atoms with Gasteiger partial charge in [0.15, 0.2) is 5.96 Å². The Bertz CT molecular complexity index is 525. The highest BCUT2D eigenvalue weighted by Gasteiger charge is 2.26. The van der Waals surface area contributed by atoms with E-state index in [1.54, 1.807) is 0 Å². The third-order valence-corrected chi connectivity index (χ3v) is 5.10. The maximum absolute atomic E-state index is 11.5. The molecule has 7 nitrogen and oxygen atoms in total. The van der Waals surface area contributed by atoms with Gasteiger partial charge in [0.1, 0.15) is 0 Å². The van der Waals surface area contributed by atoms with E-state index in [2.05, 4.69) is 31.8 Å². The molecule has 0 saturated carbocycles. The van der Waals surface area contributed by atoms with Crippen LogP contribution in [0.2, 0.25) is 0 Å². The lowest BCUT2D eigenvalue weighted by molar-refractivity contribution is 0.232. The average Bonchev–Trinajstić information content (AvgIpc) is 2.87. The lowest BCUT2D eigenvalue weighted by Gasteiger charge is -2.30. The van der Waals surface area contributed by atoms with Crippen LogP contribution < -0.4 is 10.0 Å². The highest BCUT2D eigenvalue weighted by Crippen LogP contribution is 2.17. The van der Waals surface area contributed by atoms with Gasteiger partial charge in [-0.05, 0) is 46.7 Å². The fourth-order valence-corrected chi connectivity index (χ4v) is 4.27. The predicted molar refractivity (Wildman–Crippen MR) is 116 cm³/mol. The van der Waals surface area contributed by atoms with Gasteiger partial charge < -0.3 is 10.2 Å². The van der Waals surface area contributed by atoms with Gasteiger partial charge in [0.25, 0.3) is 0 Å². The van der Waals surface area contributed by atoms with Gasteiger partial charge in [-0.15, -0.1) is 24.0 Å².